The van der Waals surface area contributed by atoms with Crippen LogP contribution in [0.15, 0.2) is 29.3 Å². The van der Waals surface area contributed by atoms with Gasteiger partial charge in [0.1, 0.15) is 5.82 Å². The molecule has 1 heterocycles. The van der Waals surface area contributed by atoms with Crippen molar-refractivity contribution < 1.29 is 9.18 Å². The van der Waals surface area contributed by atoms with Gasteiger partial charge in [0.2, 0.25) is 0 Å². The number of aliphatic imine (C=N–C) groups is 1. The molecule has 102 valence electrons. The van der Waals surface area contributed by atoms with Crippen LogP contribution in [-0.2, 0) is 0 Å². The molecule has 0 radical (unpaired) electrons. The molecule has 1 aliphatic rings. The monoisotopic (exact) mass is 264 g/mol. The Kier molecular flexibility index (Phi) is 4.33. The summed E-state index contributed by atoms with van der Waals surface area (Å²) in [5, 5.41) is 5.78. The Morgan fingerprint density at radius 1 is 1.42 bits per heavy atom. The van der Waals surface area contributed by atoms with Gasteiger partial charge in [-0.25, -0.2) is 4.39 Å². The van der Waals surface area contributed by atoms with E-state index >= 15 is 0 Å². The molecule has 0 unspecified atom stereocenters. The third-order valence-electron chi connectivity index (χ3n) is 2.87. The summed E-state index contributed by atoms with van der Waals surface area (Å²) in [5.74, 6) is -0.0744. The van der Waals surface area contributed by atoms with Gasteiger partial charge in [0.25, 0.3) is 5.91 Å². The van der Waals surface area contributed by atoms with Crippen molar-refractivity contribution in [3.05, 3.63) is 35.6 Å². The van der Waals surface area contributed by atoms with Crippen LogP contribution < -0.4 is 10.6 Å². The summed E-state index contributed by atoms with van der Waals surface area (Å²) in [5.41, 5.74) is 0.0674. The predicted molar refractivity (Wildman–Crippen MR) is 71.7 cm³/mol. The lowest BCUT2D eigenvalue weighted by Gasteiger charge is -2.15. The van der Waals surface area contributed by atoms with E-state index in [1.807, 2.05) is 11.9 Å². The van der Waals surface area contributed by atoms with Crippen LogP contribution in [0.1, 0.15) is 10.4 Å². The van der Waals surface area contributed by atoms with Crippen molar-refractivity contribution in [2.75, 3.05) is 33.2 Å². The van der Waals surface area contributed by atoms with Crippen LogP contribution in [0.4, 0.5) is 4.39 Å². The van der Waals surface area contributed by atoms with Crippen LogP contribution in [0.3, 0.4) is 0 Å². The van der Waals surface area contributed by atoms with Crippen molar-refractivity contribution in [3.8, 4) is 0 Å². The summed E-state index contributed by atoms with van der Waals surface area (Å²) >= 11 is 0. The van der Waals surface area contributed by atoms with E-state index in [4.69, 9.17) is 0 Å². The molecule has 19 heavy (non-hydrogen) atoms. The van der Waals surface area contributed by atoms with E-state index < -0.39 is 11.7 Å². The van der Waals surface area contributed by atoms with E-state index in [0.29, 0.717) is 13.1 Å². The van der Waals surface area contributed by atoms with Gasteiger partial charge in [-0.15, -0.1) is 0 Å². The van der Waals surface area contributed by atoms with Gasteiger partial charge in [-0.3, -0.25) is 9.79 Å². The maximum atomic E-state index is 13.3. The largest absolute Gasteiger partial charge is 0.354 e. The summed E-state index contributed by atoms with van der Waals surface area (Å²) in [6, 6.07) is 5.93. The molecular weight excluding hydrogens is 247 g/mol. The predicted octanol–water partition coefficient (Wildman–Crippen LogP) is 0.447. The van der Waals surface area contributed by atoms with E-state index in [1.54, 1.807) is 12.1 Å². The minimum absolute atomic E-state index is 0.0674. The number of hydrogen-bond acceptors (Lipinski definition) is 4. The van der Waals surface area contributed by atoms with Crippen LogP contribution in [0.25, 0.3) is 0 Å². The highest BCUT2D eigenvalue weighted by atomic mass is 19.1. The highest BCUT2D eigenvalue weighted by molar-refractivity contribution is 5.94. The van der Waals surface area contributed by atoms with Crippen LogP contribution in [0.2, 0.25) is 0 Å². The van der Waals surface area contributed by atoms with Crippen molar-refractivity contribution in [1.82, 2.24) is 15.5 Å². The van der Waals surface area contributed by atoms with Gasteiger partial charge in [0.15, 0.2) is 5.96 Å². The molecule has 6 heteroatoms. The van der Waals surface area contributed by atoms with Gasteiger partial charge in [-0.05, 0) is 12.1 Å². The maximum absolute atomic E-state index is 13.3. The molecule has 0 saturated heterocycles. The Balaban J connectivity index is 1.74. The number of rotatable bonds is 4. The van der Waals surface area contributed by atoms with Gasteiger partial charge < -0.3 is 15.5 Å². The van der Waals surface area contributed by atoms with Gasteiger partial charge in [0, 0.05) is 26.7 Å². The molecule has 1 aromatic rings. The number of hydrogen-bond donors (Lipinski definition) is 2. The number of nitrogens with one attached hydrogen (secondary N) is 2. The zero-order valence-corrected chi connectivity index (χ0v) is 10.8. The quantitative estimate of drug-likeness (QED) is 0.776. The second-order valence-electron chi connectivity index (χ2n) is 4.29. The molecule has 2 N–H and O–H groups in total. The van der Waals surface area contributed by atoms with Crippen LogP contribution in [-0.4, -0.2) is 50.0 Å². The normalized spacial score (nSPS) is 14.2. The lowest BCUT2D eigenvalue weighted by molar-refractivity contribution is 0.0950. The van der Waals surface area contributed by atoms with Gasteiger partial charge in [-0.2, -0.15) is 0 Å². The van der Waals surface area contributed by atoms with Crippen molar-refractivity contribution in [2.45, 2.75) is 0 Å². The van der Waals surface area contributed by atoms with Gasteiger partial charge in [0.05, 0.1) is 12.1 Å². The molecule has 0 saturated carbocycles. The molecule has 5 nitrogen and oxygen atoms in total. The van der Waals surface area contributed by atoms with Gasteiger partial charge in [-0.1, -0.05) is 12.1 Å². The Morgan fingerprint density at radius 3 is 2.89 bits per heavy atom. The van der Waals surface area contributed by atoms with E-state index in [2.05, 4.69) is 15.6 Å². The average molecular weight is 264 g/mol. The maximum Gasteiger partial charge on any atom is 0.254 e. The fourth-order valence-electron chi connectivity index (χ4n) is 1.81. The summed E-state index contributed by atoms with van der Waals surface area (Å²) in [6.07, 6.45) is 0. The SMILES string of the molecule is CN1CCN=C1NCCNC(=O)c1ccccc1F. The highest BCUT2D eigenvalue weighted by Crippen LogP contribution is 2.05. The van der Waals surface area contributed by atoms with Gasteiger partial charge >= 0.3 is 0 Å². The smallest absolute Gasteiger partial charge is 0.254 e. The Morgan fingerprint density at radius 2 is 2.21 bits per heavy atom. The highest BCUT2D eigenvalue weighted by Gasteiger charge is 2.12. The minimum Gasteiger partial charge on any atom is -0.354 e. The number of carbonyl (C=O) groups is 1. The molecule has 0 spiro atoms. The first-order valence-electron chi connectivity index (χ1n) is 6.20. The number of halogens is 1. The number of guanidine groups is 1. The molecule has 1 amide bonds. The first kappa shape index (κ1) is 13.3. The van der Waals surface area contributed by atoms with Crippen molar-refractivity contribution in [1.29, 1.82) is 0 Å². The van der Waals surface area contributed by atoms with E-state index in [1.165, 1.54) is 12.1 Å². The van der Waals surface area contributed by atoms with Crippen molar-refractivity contribution in [2.24, 2.45) is 4.99 Å². The lowest BCUT2D eigenvalue weighted by atomic mass is 10.2. The zero-order valence-electron chi connectivity index (χ0n) is 10.8. The summed E-state index contributed by atoms with van der Waals surface area (Å²) in [7, 11) is 1.96. The average Bonchev–Trinajstić information content (AvgIpc) is 2.80. The number of nitrogens with zero attached hydrogens (tertiary/aromatic N) is 2. The van der Waals surface area contributed by atoms with Crippen LogP contribution >= 0.6 is 0 Å². The number of carbonyl (C=O) groups excluding carboxylic acids is 1. The molecule has 0 fully saturated rings. The Labute approximate surface area is 111 Å². The summed E-state index contributed by atoms with van der Waals surface area (Å²) in [6.45, 7) is 2.67. The van der Waals surface area contributed by atoms with E-state index in [0.717, 1.165) is 19.0 Å². The molecule has 1 aromatic carbocycles. The number of amides is 1. The Hall–Kier alpha value is -2.11. The number of likely N-dealkylation sites (N-methyl/N-ethyl adjacent to an activating group) is 1. The van der Waals surface area contributed by atoms with Crippen molar-refractivity contribution >= 4 is 11.9 Å². The molecule has 1 aliphatic heterocycles. The number of benzene rings is 1. The molecule has 0 atom stereocenters. The fraction of sp³-hybridized carbons (Fsp3) is 0.385. The molecular formula is C13H17FN4O. The Bertz CT molecular complexity index is 489. The fourth-order valence-corrected chi connectivity index (χ4v) is 1.81. The third kappa shape index (κ3) is 3.43. The first-order valence-corrected chi connectivity index (χ1v) is 6.20. The topological polar surface area (TPSA) is 56.7 Å². The van der Waals surface area contributed by atoms with Crippen LogP contribution in [0, 0.1) is 5.82 Å². The lowest BCUT2D eigenvalue weighted by Crippen LogP contribution is -2.40. The molecule has 0 aliphatic carbocycles. The second kappa shape index (κ2) is 6.17. The van der Waals surface area contributed by atoms with E-state index in [9.17, 15) is 9.18 Å². The molecule has 2 rings (SSSR count). The van der Waals surface area contributed by atoms with Crippen LogP contribution in [0.5, 0.6) is 0 Å². The summed E-state index contributed by atoms with van der Waals surface area (Å²) in [4.78, 5) is 18.0. The third-order valence-corrected chi connectivity index (χ3v) is 2.87. The van der Waals surface area contributed by atoms with Crippen molar-refractivity contribution in [3.63, 3.8) is 0 Å². The summed E-state index contributed by atoms with van der Waals surface area (Å²) < 4.78 is 13.3. The molecule has 0 bridgehead atoms. The zero-order chi connectivity index (χ0) is 13.7. The minimum atomic E-state index is -0.507. The van der Waals surface area contributed by atoms with E-state index in [-0.39, 0.29) is 5.56 Å². The second-order valence-corrected chi connectivity index (χ2v) is 4.29. The standard InChI is InChI=1S/C13H17FN4O/c1-18-9-8-17-13(18)16-7-6-15-12(19)10-4-2-3-5-11(10)14/h2-5H,6-9H2,1H3,(H,15,19)(H,16,17). The molecule has 0 aromatic heterocycles. The first-order chi connectivity index (χ1) is 9.18.